The first kappa shape index (κ1) is 14.9. The number of ether oxygens (including phenoxy) is 1. The first-order valence-electron chi connectivity index (χ1n) is 6.79. The van der Waals surface area contributed by atoms with Crippen molar-refractivity contribution in [2.24, 2.45) is 0 Å². The zero-order chi connectivity index (χ0) is 15.5. The Labute approximate surface area is 138 Å². The molecule has 3 rings (SSSR count). The third kappa shape index (κ3) is 3.24. The van der Waals surface area contributed by atoms with Gasteiger partial charge in [-0.05, 0) is 48.9 Å². The highest BCUT2D eigenvalue weighted by Gasteiger charge is 2.06. The van der Waals surface area contributed by atoms with Crippen molar-refractivity contribution in [3.05, 3.63) is 58.4 Å². The quantitative estimate of drug-likeness (QED) is 0.683. The summed E-state index contributed by atoms with van der Waals surface area (Å²) in [4.78, 5) is 4.62. The molecule has 1 aromatic heterocycles. The van der Waals surface area contributed by atoms with E-state index >= 15 is 0 Å². The summed E-state index contributed by atoms with van der Waals surface area (Å²) in [6.45, 7) is 1.99. The number of anilines is 2. The van der Waals surface area contributed by atoms with Crippen LogP contribution < -0.4 is 10.1 Å². The highest BCUT2D eigenvalue weighted by atomic mass is 35.5. The zero-order valence-electron chi connectivity index (χ0n) is 12.3. The number of thiazole rings is 1. The molecule has 0 unspecified atom stereocenters. The van der Waals surface area contributed by atoms with Crippen molar-refractivity contribution in [2.75, 3.05) is 12.4 Å². The molecule has 5 heteroatoms. The van der Waals surface area contributed by atoms with Crippen LogP contribution in [0, 0.1) is 6.92 Å². The summed E-state index contributed by atoms with van der Waals surface area (Å²) in [5.41, 5.74) is 4.05. The van der Waals surface area contributed by atoms with Gasteiger partial charge in [-0.3, -0.25) is 0 Å². The smallest absolute Gasteiger partial charge is 0.187 e. The summed E-state index contributed by atoms with van der Waals surface area (Å²) in [6.07, 6.45) is 0. The number of nitrogens with zero attached hydrogens (tertiary/aromatic N) is 1. The van der Waals surface area contributed by atoms with E-state index in [1.165, 1.54) is 0 Å². The highest BCUT2D eigenvalue weighted by molar-refractivity contribution is 7.14. The van der Waals surface area contributed by atoms with Crippen molar-refractivity contribution in [3.8, 4) is 17.0 Å². The lowest BCUT2D eigenvalue weighted by Gasteiger charge is -2.04. The molecule has 0 radical (unpaired) electrons. The molecule has 112 valence electrons. The molecule has 3 aromatic rings. The van der Waals surface area contributed by atoms with Crippen molar-refractivity contribution in [3.63, 3.8) is 0 Å². The molecule has 2 aromatic carbocycles. The molecule has 0 saturated heterocycles. The number of nitrogens with one attached hydrogen (secondary N) is 1. The number of methoxy groups -OCH3 is 1. The maximum Gasteiger partial charge on any atom is 0.187 e. The predicted octanol–water partition coefficient (Wildman–Crippen LogP) is 5.52. The number of hydrogen-bond acceptors (Lipinski definition) is 4. The zero-order valence-corrected chi connectivity index (χ0v) is 13.8. The molecule has 0 aliphatic rings. The van der Waals surface area contributed by atoms with Gasteiger partial charge in [0.25, 0.3) is 0 Å². The minimum absolute atomic E-state index is 0.774. The number of halogens is 1. The van der Waals surface area contributed by atoms with Crippen LogP contribution in [0.4, 0.5) is 10.8 Å². The molecule has 0 bridgehead atoms. The van der Waals surface area contributed by atoms with Crippen molar-refractivity contribution in [1.29, 1.82) is 0 Å². The van der Waals surface area contributed by atoms with Gasteiger partial charge in [-0.1, -0.05) is 17.7 Å². The van der Waals surface area contributed by atoms with Gasteiger partial charge in [0.2, 0.25) is 0 Å². The molecule has 1 N–H and O–H groups in total. The lowest BCUT2D eigenvalue weighted by atomic mass is 10.1. The van der Waals surface area contributed by atoms with Crippen LogP contribution in [0.3, 0.4) is 0 Å². The Balaban J connectivity index is 1.79. The Morgan fingerprint density at radius 1 is 1.14 bits per heavy atom. The van der Waals surface area contributed by atoms with Crippen LogP contribution in [0.5, 0.6) is 5.75 Å². The van der Waals surface area contributed by atoms with Crippen LogP contribution in [0.15, 0.2) is 47.8 Å². The second kappa shape index (κ2) is 6.38. The normalized spacial score (nSPS) is 10.5. The molecular weight excluding hydrogens is 316 g/mol. The Bertz CT molecular complexity index is 784. The van der Waals surface area contributed by atoms with E-state index in [9.17, 15) is 0 Å². The summed E-state index contributed by atoms with van der Waals surface area (Å²) in [5.74, 6) is 0.835. The molecule has 0 fully saturated rings. The van der Waals surface area contributed by atoms with E-state index in [0.29, 0.717) is 0 Å². The predicted molar refractivity (Wildman–Crippen MR) is 93.6 cm³/mol. The molecule has 0 saturated carbocycles. The third-order valence-corrected chi connectivity index (χ3v) is 4.48. The second-order valence-electron chi connectivity index (χ2n) is 4.86. The van der Waals surface area contributed by atoms with E-state index in [4.69, 9.17) is 16.3 Å². The van der Waals surface area contributed by atoms with Crippen LogP contribution >= 0.6 is 22.9 Å². The Kier molecular flexibility index (Phi) is 4.32. The summed E-state index contributed by atoms with van der Waals surface area (Å²) in [5, 5.41) is 6.96. The number of hydrogen-bond donors (Lipinski definition) is 1. The van der Waals surface area contributed by atoms with Crippen LogP contribution in [0.1, 0.15) is 5.56 Å². The average Bonchev–Trinajstić information content (AvgIpc) is 2.99. The van der Waals surface area contributed by atoms with Crippen molar-refractivity contribution in [2.45, 2.75) is 6.92 Å². The van der Waals surface area contributed by atoms with Crippen molar-refractivity contribution >= 4 is 33.8 Å². The van der Waals surface area contributed by atoms with Gasteiger partial charge in [-0.15, -0.1) is 11.3 Å². The fraction of sp³-hybridized carbons (Fsp3) is 0.118. The van der Waals surface area contributed by atoms with E-state index in [2.05, 4.69) is 16.4 Å². The second-order valence-corrected chi connectivity index (χ2v) is 6.12. The lowest BCUT2D eigenvalue weighted by Crippen LogP contribution is -1.90. The molecule has 0 amide bonds. The van der Waals surface area contributed by atoms with E-state index in [-0.39, 0.29) is 0 Å². The fourth-order valence-corrected chi connectivity index (χ4v) is 2.92. The molecular formula is C17H15ClN2OS. The van der Waals surface area contributed by atoms with Crippen molar-refractivity contribution < 1.29 is 4.74 Å². The standard InChI is InChI=1S/C17H15ClN2OS/c1-11-9-12(3-8-15(11)18)16-10-22-17(20-16)19-13-4-6-14(21-2)7-5-13/h3-10H,1-2H3,(H,19,20). The van der Waals surface area contributed by atoms with Gasteiger partial charge in [-0.25, -0.2) is 4.98 Å². The van der Waals surface area contributed by atoms with Crippen LogP contribution in [-0.4, -0.2) is 12.1 Å². The summed E-state index contributed by atoms with van der Waals surface area (Å²) in [7, 11) is 1.66. The molecule has 0 atom stereocenters. The first-order valence-corrected chi connectivity index (χ1v) is 8.04. The summed E-state index contributed by atoms with van der Waals surface area (Å²) >= 11 is 7.64. The molecule has 1 heterocycles. The molecule has 0 aliphatic carbocycles. The topological polar surface area (TPSA) is 34.1 Å². The summed E-state index contributed by atoms with van der Waals surface area (Å²) in [6, 6.07) is 13.7. The van der Waals surface area contributed by atoms with Crippen LogP contribution in [0.25, 0.3) is 11.3 Å². The van der Waals surface area contributed by atoms with Gasteiger partial charge in [0.05, 0.1) is 12.8 Å². The van der Waals surface area contributed by atoms with Gasteiger partial charge < -0.3 is 10.1 Å². The minimum Gasteiger partial charge on any atom is -0.497 e. The number of rotatable bonds is 4. The lowest BCUT2D eigenvalue weighted by molar-refractivity contribution is 0.415. The molecule has 22 heavy (non-hydrogen) atoms. The Morgan fingerprint density at radius 2 is 1.91 bits per heavy atom. The molecule has 3 nitrogen and oxygen atoms in total. The third-order valence-electron chi connectivity index (χ3n) is 3.30. The largest absolute Gasteiger partial charge is 0.497 e. The first-order chi connectivity index (χ1) is 10.7. The maximum atomic E-state index is 6.06. The van der Waals surface area contributed by atoms with E-state index in [1.807, 2.05) is 48.7 Å². The van der Waals surface area contributed by atoms with E-state index in [0.717, 1.165) is 38.4 Å². The Hall–Kier alpha value is -2.04. The SMILES string of the molecule is COc1ccc(Nc2nc(-c3ccc(Cl)c(C)c3)cs2)cc1. The van der Waals surface area contributed by atoms with E-state index < -0.39 is 0 Å². The van der Waals surface area contributed by atoms with E-state index in [1.54, 1.807) is 18.4 Å². The number of benzene rings is 2. The number of aromatic nitrogens is 1. The van der Waals surface area contributed by atoms with Crippen LogP contribution in [-0.2, 0) is 0 Å². The monoisotopic (exact) mass is 330 g/mol. The maximum absolute atomic E-state index is 6.06. The van der Waals surface area contributed by atoms with Gasteiger partial charge >= 0.3 is 0 Å². The van der Waals surface area contributed by atoms with Gasteiger partial charge in [-0.2, -0.15) is 0 Å². The average molecular weight is 331 g/mol. The minimum atomic E-state index is 0.774. The molecule has 0 spiro atoms. The van der Waals surface area contributed by atoms with Gasteiger partial charge in [0.1, 0.15) is 5.75 Å². The highest BCUT2D eigenvalue weighted by Crippen LogP contribution is 2.29. The molecule has 0 aliphatic heterocycles. The fourth-order valence-electron chi connectivity index (χ4n) is 2.07. The van der Waals surface area contributed by atoms with Crippen LogP contribution in [0.2, 0.25) is 5.02 Å². The summed E-state index contributed by atoms with van der Waals surface area (Å²) < 4.78 is 5.15. The number of aryl methyl sites for hydroxylation is 1. The van der Waals surface area contributed by atoms with Gasteiger partial charge in [0.15, 0.2) is 5.13 Å². The van der Waals surface area contributed by atoms with Crippen molar-refractivity contribution in [1.82, 2.24) is 4.98 Å². The Morgan fingerprint density at radius 3 is 2.59 bits per heavy atom. The van der Waals surface area contributed by atoms with Gasteiger partial charge in [0, 0.05) is 21.7 Å².